The molecule has 0 unspecified atom stereocenters. The Kier molecular flexibility index (Phi) is 3.80. The fraction of sp³-hybridized carbons (Fsp3) is 0.400. The molecular formula is C15H18FNO. The molecule has 3 heteroatoms. The third-order valence-corrected chi connectivity index (χ3v) is 3.02. The van der Waals surface area contributed by atoms with Crippen LogP contribution in [0.4, 0.5) is 4.39 Å². The highest BCUT2D eigenvalue weighted by atomic mass is 19.1. The van der Waals surface area contributed by atoms with E-state index < -0.39 is 0 Å². The van der Waals surface area contributed by atoms with Crippen LogP contribution in [0.5, 0.6) is 0 Å². The largest absolute Gasteiger partial charge is 0.334 e. The quantitative estimate of drug-likeness (QED) is 0.748. The van der Waals surface area contributed by atoms with Crippen molar-refractivity contribution < 1.29 is 9.18 Å². The summed E-state index contributed by atoms with van der Waals surface area (Å²) in [6.07, 6.45) is 5.39. The molecule has 0 spiro atoms. The minimum atomic E-state index is -0.285. The zero-order valence-electron chi connectivity index (χ0n) is 10.8. The molecule has 0 heterocycles. The molecule has 96 valence electrons. The van der Waals surface area contributed by atoms with E-state index in [2.05, 4.69) is 0 Å². The summed E-state index contributed by atoms with van der Waals surface area (Å²) in [4.78, 5) is 14.0. The second-order valence-corrected chi connectivity index (χ2v) is 4.96. The maximum Gasteiger partial charge on any atom is 0.247 e. The second-order valence-electron chi connectivity index (χ2n) is 4.96. The van der Waals surface area contributed by atoms with Crippen molar-refractivity contribution in [2.75, 3.05) is 0 Å². The Balaban J connectivity index is 2.05. The van der Waals surface area contributed by atoms with Crippen LogP contribution < -0.4 is 0 Å². The number of halogens is 1. The molecule has 1 aromatic rings. The number of rotatable bonds is 4. The first-order valence-corrected chi connectivity index (χ1v) is 6.34. The molecule has 1 amide bonds. The van der Waals surface area contributed by atoms with Crippen LogP contribution in [0.15, 0.2) is 30.3 Å². The van der Waals surface area contributed by atoms with Crippen LogP contribution >= 0.6 is 0 Å². The summed E-state index contributed by atoms with van der Waals surface area (Å²) < 4.78 is 13.0. The van der Waals surface area contributed by atoms with Crippen molar-refractivity contribution in [1.29, 1.82) is 0 Å². The summed E-state index contributed by atoms with van der Waals surface area (Å²) >= 11 is 0. The van der Waals surface area contributed by atoms with Crippen molar-refractivity contribution in [3.05, 3.63) is 41.7 Å². The van der Waals surface area contributed by atoms with Crippen LogP contribution in [0.25, 0.3) is 6.08 Å². The number of hydrogen-bond acceptors (Lipinski definition) is 1. The molecule has 0 N–H and O–H groups in total. The predicted molar refractivity (Wildman–Crippen MR) is 70.4 cm³/mol. The van der Waals surface area contributed by atoms with Gasteiger partial charge in [0.2, 0.25) is 5.91 Å². The lowest BCUT2D eigenvalue weighted by atomic mass is 10.2. The second kappa shape index (κ2) is 5.34. The molecule has 1 saturated carbocycles. The summed E-state index contributed by atoms with van der Waals surface area (Å²) in [6, 6.07) is 6.84. The first-order chi connectivity index (χ1) is 8.58. The monoisotopic (exact) mass is 247 g/mol. The molecule has 0 radical (unpaired) electrons. The lowest BCUT2D eigenvalue weighted by Crippen LogP contribution is -2.37. The molecule has 0 saturated heterocycles. The number of carbonyl (C=O) groups is 1. The molecule has 2 rings (SSSR count). The SMILES string of the molecule is CC(C)N(C(=O)/C=C/c1cccc(F)c1)C1CC1. The van der Waals surface area contributed by atoms with Gasteiger partial charge in [0.1, 0.15) is 5.82 Å². The van der Waals surface area contributed by atoms with Gasteiger partial charge in [0.15, 0.2) is 0 Å². The maximum atomic E-state index is 13.0. The Hall–Kier alpha value is -1.64. The van der Waals surface area contributed by atoms with Crippen molar-refractivity contribution >= 4 is 12.0 Å². The van der Waals surface area contributed by atoms with Gasteiger partial charge in [-0.3, -0.25) is 4.79 Å². The third kappa shape index (κ3) is 3.19. The van der Waals surface area contributed by atoms with E-state index >= 15 is 0 Å². The van der Waals surface area contributed by atoms with Crippen LogP contribution in [0, 0.1) is 5.82 Å². The Bertz CT molecular complexity index is 461. The number of hydrogen-bond donors (Lipinski definition) is 0. The van der Waals surface area contributed by atoms with Crippen LogP contribution in [0.3, 0.4) is 0 Å². The van der Waals surface area contributed by atoms with Crippen molar-refractivity contribution in [1.82, 2.24) is 4.90 Å². The van der Waals surface area contributed by atoms with Crippen molar-refractivity contribution in [2.45, 2.75) is 38.8 Å². The van der Waals surface area contributed by atoms with E-state index in [0.29, 0.717) is 11.6 Å². The van der Waals surface area contributed by atoms with Crippen LogP contribution in [0.2, 0.25) is 0 Å². The molecular weight excluding hydrogens is 229 g/mol. The van der Waals surface area contributed by atoms with Gasteiger partial charge in [-0.2, -0.15) is 0 Å². The van der Waals surface area contributed by atoms with E-state index in [1.54, 1.807) is 18.2 Å². The highest BCUT2D eigenvalue weighted by Crippen LogP contribution is 2.28. The van der Waals surface area contributed by atoms with E-state index in [-0.39, 0.29) is 17.8 Å². The van der Waals surface area contributed by atoms with E-state index in [9.17, 15) is 9.18 Å². The van der Waals surface area contributed by atoms with Gasteiger partial charge in [-0.25, -0.2) is 4.39 Å². The van der Waals surface area contributed by atoms with Crippen LogP contribution in [-0.4, -0.2) is 22.9 Å². The van der Waals surface area contributed by atoms with Crippen LogP contribution in [0.1, 0.15) is 32.3 Å². The van der Waals surface area contributed by atoms with Gasteiger partial charge in [0, 0.05) is 18.2 Å². The molecule has 0 aliphatic heterocycles. The highest BCUT2D eigenvalue weighted by molar-refractivity contribution is 5.92. The minimum Gasteiger partial charge on any atom is -0.334 e. The summed E-state index contributed by atoms with van der Waals surface area (Å²) in [5.41, 5.74) is 0.711. The molecule has 18 heavy (non-hydrogen) atoms. The molecule has 1 fully saturated rings. The number of amides is 1. The molecule has 1 aliphatic rings. The van der Waals surface area contributed by atoms with E-state index in [1.807, 2.05) is 18.7 Å². The first kappa shape index (κ1) is 12.8. The summed E-state index contributed by atoms with van der Waals surface area (Å²) in [5.74, 6) is -0.274. The molecule has 2 nitrogen and oxygen atoms in total. The molecule has 0 atom stereocenters. The molecule has 0 aromatic heterocycles. The van der Waals surface area contributed by atoms with Gasteiger partial charge in [-0.05, 0) is 50.5 Å². The van der Waals surface area contributed by atoms with Crippen molar-refractivity contribution in [3.63, 3.8) is 0 Å². The Morgan fingerprint density at radius 3 is 2.72 bits per heavy atom. The zero-order chi connectivity index (χ0) is 13.1. The van der Waals surface area contributed by atoms with Gasteiger partial charge >= 0.3 is 0 Å². The van der Waals surface area contributed by atoms with Gasteiger partial charge in [0.25, 0.3) is 0 Å². The van der Waals surface area contributed by atoms with Gasteiger partial charge in [-0.1, -0.05) is 12.1 Å². The van der Waals surface area contributed by atoms with Gasteiger partial charge in [-0.15, -0.1) is 0 Å². The lowest BCUT2D eigenvalue weighted by molar-refractivity contribution is -0.128. The van der Waals surface area contributed by atoms with Crippen LogP contribution in [-0.2, 0) is 4.79 Å². The first-order valence-electron chi connectivity index (χ1n) is 6.34. The number of benzene rings is 1. The maximum absolute atomic E-state index is 13.0. The average molecular weight is 247 g/mol. The number of carbonyl (C=O) groups excluding carboxylic acids is 1. The van der Waals surface area contributed by atoms with E-state index in [1.165, 1.54) is 18.2 Å². The summed E-state index contributed by atoms with van der Waals surface area (Å²) in [6.45, 7) is 4.04. The molecule has 1 aliphatic carbocycles. The Labute approximate surface area is 107 Å². The van der Waals surface area contributed by atoms with E-state index in [4.69, 9.17) is 0 Å². The number of nitrogens with zero attached hydrogens (tertiary/aromatic N) is 1. The average Bonchev–Trinajstić information content (AvgIpc) is 3.10. The topological polar surface area (TPSA) is 20.3 Å². The van der Waals surface area contributed by atoms with Gasteiger partial charge < -0.3 is 4.90 Å². The smallest absolute Gasteiger partial charge is 0.247 e. The Morgan fingerprint density at radius 2 is 2.17 bits per heavy atom. The summed E-state index contributed by atoms with van der Waals surface area (Å²) in [7, 11) is 0. The van der Waals surface area contributed by atoms with Crippen molar-refractivity contribution in [2.24, 2.45) is 0 Å². The minimum absolute atomic E-state index is 0.0109. The highest BCUT2D eigenvalue weighted by Gasteiger charge is 2.32. The fourth-order valence-electron chi connectivity index (χ4n) is 2.07. The van der Waals surface area contributed by atoms with Crippen molar-refractivity contribution in [3.8, 4) is 0 Å². The molecule has 1 aromatic carbocycles. The fourth-order valence-corrected chi connectivity index (χ4v) is 2.07. The van der Waals surface area contributed by atoms with Gasteiger partial charge in [0.05, 0.1) is 0 Å². The normalized spacial score (nSPS) is 15.3. The zero-order valence-corrected chi connectivity index (χ0v) is 10.8. The molecule has 0 bridgehead atoms. The predicted octanol–water partition coefficient (Wildman–Crippen LogP) is 3.24. The lowest BCUT2D eigenvalue weighted by Gasteiger charge is -2.25. The third-order valence-electron chi connectivity index (χ3n) is 3.02. The standard InChI is InChI=1S/C15H18FNO/c1-11(2)17(14-7-8-14)15(18)9-6-12-4-3-5-13(16)10-12/h3-6,9-11,14H,7-8H2,1-2H3/b9-6+. The van der Waals surface area contributed by atoms with E-state index in [0.717, 1.165) is 12.8 Å². The Morgan fingerprint density at radius 1 is 1.44 bits per heavy atom. The summed E-state index contributed by atoms with van der Waals surface area (Å²) in [5, 5.41) is 0.